The highest BCUT2D eigenvalue weighted by atomic mass is 16.4. The summed E-state index contributed by atoms with van der Waals surface area (Å²) in [6.45, 7) is -0.510. The molecule has 2 rings (SSSR count). The van der Waals surface area contributed by atoms with Crippen molar-refractivity contribution in [1.82, 2.24) is 9.78 Å². The summed E-state index contributed by atoms with van der Waals surface area (Å²) in [5.41, 5.74) is 0.351. The monoisotopic (exact) mass is 290 g/mol. The van der Waals surface area contributed by atoms with Crippen molar-refractivity contribution in [3.63, 3.8) is 0 Å². The fourth-order valence-electron chi connectivity index (χ4n) is 1.71. The Bertz CT molecular complexity index is 650. The molecule has 0 saturated heterocycles. The molecule has 0 unspecified atom stereocenters. The van der Waals surface area contributed by atoms with Crippen LogP contribution < -0.4 is 10.2 Å². The molecule has 0 bridgehead atoms. The van der Waals surface area contributed by atoms with Gasteiger partial charge in [-0.2, -0.15) is 5.10 Å². The maximum absolute atomic E-state index is 12.2. The van der Waals surface area contributed by atoms with Crippen LogP contribution in [0.15, 0.2) is 36.5 Å². The van der Waals surface area contributed by atoms with E-state index >= 15 is 0 Å². The van der Waals surface area contributed by atoms with Crippen LogP contribution in [0, 0.1) is 0 Å². The van der Waals surface area contributed by atoms with Crippen molar-refractivity contribution < 1.29 is 19.8 Å². The van der Waals surface area contributed by atoms with E-state index in [2.05, 4.69) is 10.4 Å². The minimum Gasteiger partial charge on any atom is -0.508 e. The van der Waals surface area contributed by atoms with Gasteiger partial charge in [0, 0.05) is 25.0 Å². The smallest absolute Gasteiger partial charge is 0.328 e. The fourth-order valence-corrected chi connectivity index (χ4v) is 1.71. The van der Waals surface area contributed by atoms with Crippen molar-refractivity contribution in [1.29, 1.82) is 0 Å². The number of hydrogen-bond acceptors (Lipinski definition) is 4. The average molecular weight is 290 g/mol. The first-order chi connectivity index (χ1) is 9.95. The molecule has 21 heavy (non-hydrogen) atoms. The van der Waals surface area contributed by atoms with Crippen molar-refractivity contribution in [3.8, 4) is 5.75 Å². The second-order valence-corrected chi connectivity index (χ2v) is 4.30. The van der Waals surface area contributed by atoms with Crippen LogP contribution in [0.25, 0.3) is 0 Å². The lowest BCUT2D eigenvalue weighted by Crippen LogP contribution is -2.39. The molecule has 1 heterocycles. The van der Waals surface area contributed by atoms with E-state index in [4.69, 9.17) is 5.11 Å². The molecule has 0 spiro atoms. The SMILES string of the molecule is Cn1ccc(NC(=O)N(CC(=O)O)c2ccc(O)cc2)n1. The number of carbonyl (C=O) groups excluding carboxylic acids is 1. The number of aromatic hydroxyl groups is 1. The number of carbonyl (C=O) groups is 2. The summed E-state index contributed by atoms with van der Waals surface area (Å²) < 4.78 is 1.51. The zero-order chi connectivity index (χ0) is 15.4. The Morgan fingerprint density at radius 2 is 1.95 bits per heavy atom. The van der Waals surface area contributed by atoms with Gasteiger partial charge in [-0.05, 0) is 24.3 Å². The van der Waals surface area contributed by atoms with Crippen molar-refractivity contribution in [2.75, 3.05) is 16.8 Å². The number of benzene rings is 1. The molecule has 0 saturated carbocycles. The van der Waals surface area contributed by atoms with E-state index in [1.165, 1.54) is 28.9 Å². The van der Waals surface area contributed by atoms with E-state index in [-0.39, 0.29) is 5.75 Å². The summed E-state index contributed by atoms with van der Waals surface area (Å²) in [7, 11) is 1.70. The number of rotatable bonds is 4. The van der Waals surface area contributed by atoms with Crippen molar-refractivity contribution in [2.24, 2.45) is 7.05 Å². The van der Waals surface area contributed by atoms with Crippen molar-refractivity contribution in [3.05, 3.63) is 36.5 Å². The predicted molar refractivity (Wildman–Crippen MR) is 75.3 cm³/mol. The summed E-state index contributed by atoms with van der Waals surface area (Å²) in [6.07, 6.45) is 1.65. The topological polar surface area (TPSA) is 108 Å². The van der Waals surface area contributed by atoms with Crippen LogP contribution in [0.1, 0.15) is 0 Å². The molecule has 0 aliphatic carbocycles. The molecule has 0 aliphatic heterocycles. The summed E-state index contributed by atoms with van der Waals surface area (Å²) in [6, 6.07) is 6.62. The quantitative estimate of drug-likeness (QED) is 0.785. The van der Waals surface area contributed by atoms with Crippen LogP contribution in [0.3, 0.4) is 0 Å². The molecular formula is C13H14N4O4. The van der Waals surface area contributed by atoms with Crippen LogP contribution in [0.2, 0.25) is 0 Å². The van der Waals surface area contributed by atoms with Gasteiger partial charge in [0.2, 0.25) is 0 Å². The number of aryl methyl sites for hydroxylation is 1. The molecule has 3 N–H and O–H groups in total. The molecule has 0 atom stereocenters. The molecule has 0 aliphatic rings. The number of hydrogen-bond donors (Lipinski definition) is 3. The largest absolute Gasteiger partial charge is 0.508 e. The number of aromatic nitrogens is 2. The summed E-state index contributed by atoms with van der Waals surface area (Å²) in [4.78, 5) is 24.1. The highest BCUT2D eigenvalue weighted by Gasteiger charge is 2.19. The van der Waals surface area contributed by atoms with E-state index < -0.39 is 18.5 Å². The highest BCUT2D eigenvalue weighted by Crippen LogP contribution is 2.19. The van der Waals surface area contributed by atoms with Crippen LogP contribution in [0.5, 0.6) is 5.75 Å². The molecule has 8 heteroatoms. The van der Waals surface area contributed by atoms with Gasteiger partial charge in [0.25, 0.3) is 0 Å². The van der Waals surface area contributed by atoms with Crippen LogP contribution in [-0.2, 0) is 11.8 Å². The number of nitrogens with zero attached hydrogens (tertiary/aromatic N) is 3. The van der Waals surface area contributed by atoms with Gasteiger partial charge in [-0.15, -0.1) is 0 Å². The van der Waals surface area contributed by atoms with Crippen LogP contribution in [0.4, 0.5) is 16.3 Å². The van der Waals surface area contributed by atoms with Crippen LogP contribution >= 0.6 is 0 Å². The van der Waals surface area contributed by atoms with Gasteiger partial charge >= 0.3 is 12.0 Å². The Kier molecular flexibility index (Phi) is 4.07. The highest BCUT2D eigenvalue weighted by molar-refractivity contribution is 6.03. The Hall–Kier alpha value is -3.03. The number of carboxylic acids is 1. The molecule has 2 amide bonds. The predicted octanol–water partition coefficient (Wildman–Crippen LogP) is 1.25. The molecule has 1 aromatic heterocycles. The van der Waals surface area contributed by atoms with E-state index in [9.17, 15) is 14.7 Å². The molecule has 1 aromatic carbocycles. The molecule has 110 valence electrons. The molecule has 2 aromatic rings. The minimum absolute atomic E-state index is 0.0270. The Morgan fingerprint density at radius 3 is 2.48 bits per heavy atom. The lowest BCUT2D eigenvalue weighted by atomic mass is 10.3. The minimum atomic E-state index is -1.15. The second-order valence-electron chi connectivity index (χ2n) is 4.30. The van der Waals surface area contributed by atoms with Crippen LogP contribution in [-0.4, -0.2) is 38.5 Å². The third-order valence-corrected chi connectivity index (χ3v) is 2.65. The molecular weight excluding hydrogens is 276 g/mol. The summed E-state index contributed by atoms with van der Waals surface area (Å²) in [5, 5.41) is 24.7. The second kappa shape index (κ2) is 5.95. The molecule has 8 nitrogen and oxygen atoms in total. The zero-order valence-corrected chi connectivity index (χ0v) is 11.2. The Balaban J connectivity index is 2.20. The number of urea groups is 1. The van der Waals surface area contributed by atoms with Gasteiger partial charge in [-0.25, -0.2) is 4.79 Å². The maximum atomic E-state index is 12.2. The zero-order valence-electron chi connectivity index (χ0n) is 11.2. The van der Waals surface area contributed by atoms with Crippen molar-refractivity contribution >= 4 is 23.5 Å². The molecule has 0 fully saturated rings. The van der Waals surface area contributed by atoms with Gasteiger partial charge in [0.05, 0.1) is 0 Å². The van der Waals surface area contributed by atoms with E-state index in [0.717, 1.165) is 4.90 Å². The molecule has 0 radical (unpaired) electrons. The van der Waals surface area contributed by atoms with Gasteiger partial charge in [-0.1, -0.05) is 0 Å². The normalized spacial score (nSPS) is 10.1. The first-order valence-corrected chi connectivity index (χ1v) is 6.04. The maximum Gasteiger partial charge on any atom is 0.328 e. The Labute approximate surface area is 120 Å². The number of amides is 2. The van der Waals surface area contributed by atoms with E-state index in [1.54, 1.807) is 19.3 Å². The van der Waals surface area contributed by atoms with Gasteiger partial charge in [-0.3, -0.25) is 19.7 Å². The van der Waals surface area contributed by atoms with Gasteiger partial charge in [0.1, 0.15) is 12.3 Å². The third-order valence-electron chi connectivity index (χ3n) is 2.65. The fraction of sp³-hybridized carbons (Fsp3) is 0.154. The lowest BCUT2D eigenvalue weighted by molar-refractivity contribution is -0.135. The number of nitrogens with one attached hydrogen (secondary N) is 1. The van der Waals surface area contributed by atoms with Gasteiger partial charge < -0.3 is 10.2 Å². The Morgan fingerprint density at radius 1 is 1.29 bits per heavy atom. The van der Waals surface area contributed by atoms with Gasteiger partial charge in [0.15, 0.2) is 5.82 Å². The number of phenolic OH excluding ortho intramolecular Hbond substituents is 1. The summed E-state index contributed by atoms with van der Waals surface area (Å²) >= 11 is 0. The number of anilines is 2. The first kappa shape index (κ1) is 14.4. The number of carboxylic acid groups (broad SMARTS) is 1. The summed E-state index contributed by atoms with van der Waals surface area (Å²) in [5.74, 6) is -0.810. The standard InChI is InChI=1S/C13H14N4O4/c1-16-7-6-11(15-16)14-13(21)17(8-12(19)20)9-2-4-10(18)5-3-9/h2-7,18H,8H2,1H3,(H,19,20)(H,14,15,21). The van der Waals surface area contributed by atoms with E-state index in [0.29, 0.717) is 11.5 Å². The number of phenols is 1. The lowest BCUT2D eigenvalue weighted by Gasteiger charge is -2.20. The average Bonchev–Trinajstić information content (AvgIpc) is 2.82. The van der Waals surface area contributed by atoms with Crippen molar-refractivity contribution in [2.45, 2.75) is 0 Å². The first-order valence-electron chi connectivity index (χ1n) is 6.04. The third kappa shape index (κ3) is 3.72. The number of aliphatic carboxylic acids is 1. The van der Waals surface area contributed by atoms with E-state index in [1.807, 2.05) is 0 Å².